The number of nitrogens with one attached hydrogen (secondary N) is 1. The van der Waals surface area contributed by atoms with E-state index in [1.807, 2.05) is 22.8 Å². The van der Waals surface area contributed by atoms with Crippen LogP contribution in [0.15, 0.2) is 51.9 Å². The number of fused-ring (bicyclic) bond motifs is 3. The second-order valence-corrected chi connectivity index (χ2v) is 8.86. The van der Waals surface area contributed by atoms with E-state index in [2.05, 4.69) is 15.5 Å². The maximum Gasteiger partial charge on any atom is 0.264 e. The summed E-state index contributed by atoms with van der Waals surface area (Å²) in [5, 5.41) is 8.06. The Kier molecular flexibility index (Phi) is 5.43. The molecule has 1 amide bonds. The van der Waals surface area contributed by atoms with Crippen molar-refractivity contribution in [1.29, 1.82) is 0 Å². The van der Waals surface area contributed by atoms with Crippen molar-refractivity contribution in [3.63, 3.8) is 0 Å². The molecule has 0 saturated heterocycles. The van der Waals surface area contributed by atoms with Crippen molar-refractivity contribution in [3.8, 4) is 0 Å². The molecule has 2 atom stereocenters. The first-order valence-electron chi connectivity index (χ1n) is 10.8. The SMILES string of the molecule is Cc1onc2c1c(=O)n(C1CCCC(CNC(=O)c3ccccc3)C1)c1cc(Cl)cnc21. The van der Waals surface area contributed by atoms with Crippen LogP contribution in [0.5, 0.6) is 0 Å². The number of rotatable bonds is 4. The molecule has 164 valence electrons. The number of carbonyl (C=O) groups excluding carboxylic acids is 1. The molecule has 32 heavy (non-hydrogen) atoms. The lowest BCUT2D eigenvalue weighted by Gasteiger charge is -2.31. The van der Waals surface area contributed by atoms with Crippen LogP contribution in [-0.4, -0.2) is 27.2 Å². The van der Waals surface area contributed by atoms with E-state index in [0.717, 1.165) is 25.7 Å². The van der Waals surface area contributed by atoms with Gasteiger partial charge in [0.25, 0.3) is 11.5 Å². The van der Waals surface area contributed by atoms with Crippen LogP contribution in [0.3, 0.4) is 0 Å². The molecule has 7 nitrogen and oxygen atoms in total. The molecular weight excluding hydrogens is 428 g/mol. The fourth-order valence-corrected chi connectivity index (χ4v) is 4.94. The number of carbonyl (C=O) groups is 1. The Morgan fingerprint density at radius 3 is 2.88 bits per heavy atom. The monoisotopic (exact) mass is 450 g/mol. The molecule has 1 aliphatic carbocycles. The van der Waals surface area contributed by atoms with Crippen LogP contribution >= 0.6 is 11.6 Å². The lowest BCUT2D eigenvalue weighted by atomic mass is 9.85. The van der Waals surface area contributed by atoms with Crippen LogP contribution in [0.25, 0.3) is 21.9 Å². The van der Waals surface area contributed by atoms with E-state index < -0.39 is 0 Å². The molecule has 2 unspecified atom stereocenters. The van der Waals surface area contributed by atoms with Crippen LogP contribution in [0.2, 0.25) is 5.02 Å². The van der Waals surface area contributed by atoms with Crippen molar-refractivity contribution in [3.05, 3.63) is 69.3 Å². The second-order valence-electron chi connectivity index (χ2n) is 8.42. The highest BCUT2D eigenvalue weighted by Gasteiger charge is 2.28. The zero-order valence-electron chi connectivity index (χ0n) is 17.7. The van der Waals surface area contributed by atoms with Crippen molar-refractivity contribution >= 4 is 39.4 Å². The molecule has 0 radical (unpaired) electrons. The average molecular weight is 451 g/mol. The van der Waals surface area contributed by atoms with E-state index in [4.69, 9.17) is 16.1 Å². The number of amides is 1. The highest BCUT2D eigenvalue weighted by atomic mass is 35.5. The summed E-state index contributed by atoms with van der Waals surface area (Å²) in [6.45, 7) is 2.32. The molecule has 8 heteroatoms. The lowest BCUT2D eigenvalue weighted by molar-refractivity contribution is 0.0940. The fourth-order valence-electron chi connectivity index (χ4n) is 4.78. The van der Waals surface area contributed by atoms with Crippen LogP contribution in [0.1, 0.15) is 47.8 Å². The van der Waals surface area contributed by atoms with Crippen LogP contribution in [0, 0.1) is 12.8 Å². The third-order valence-electron chi connectivity index (χ3n) is 6.32. The second kappa shape index (κ2) is 8.39. The van der Waals surface area contributed by atoms with Gasteiger partial charge < -0.3 is 14.4 Å². The Balaban J connectivity index is 1.46. The number of nitrogens with zero attached hydrogens (tertiary/aromatic N) is 3. The van der Waals surface area contributed by atoms with Gasteiger partial charge in [0.1, 0.15) is 22.2 Å². The number of aromatic nitrogens is 3. The molecule has 1 aromatic carbocycles. The minimum atomic E-state index is -0.130. The molecular formula is C24H23ClN4O3. The first-order chi connectivity index (χ1) is 15.5. The van der Waals surface area contributed by atoms with Crippen molar-refractivity contribution < 1.29 is 9.32 Å². The van der Waals surface area contributed by atoms with Crippen LogP contribution < -0.4 is 10.9 Å². The quantitative estimate of drug-likeness (QED) is 0.488. The van der Waals surface area contributed by atoms with Gasteiger partial charge in [0.2, 0.25) is 0 Å². The Morgan fingerprint density at radius 1 is 1.25 bits per heavy atom. The molecule has 1 N–H and O–H groups in total. The summed E-state index contributed by atoms with van der Waals surface area (Å²) in [6.07, 6.45) is 5.20. The molecule has 0 aliphatic heterocycles. The Hall–Kier alpha value is -3.19. The van der Waals surface area contributed by atoms with E-state index in [9.17, 15) is 9.59 Å². The topological polar surface area (TPSA) is 90.0 Å². The number of hydrogen-bond donors (Lipinski definition) is 1. The molecule has 1 fully saturated rings. The van der Waals surface area contributed by atoms with E-state index in [-0.39, 0.29) is 23.4 Å². The van der Waals surface area contributed by atoms with Gasteiger partial charge in [-0.15, -0.1) is 0 Å². The molecule has 1 saturated carbocycles. The summed E-state index contributed by atoms with van der Waals surface area (Å²) in [4.78, 5) is 30.4. The van der Waals surface area contributed by atoms with Gasteiger partial charge in [0, 0.05) is 24.3 Å². The van der Waals surface area contributed by atoms with Crippen molar-refractivity contribution in [1.82, 2.24) is 20.0 Å². The van der Waals surface area contributed by atoms with E-state index in [0.29, 0.717) is 44.8 Å². The normalized spacial score (nSPS) is 18.8. The van der Waals surface area contributed by atoms with Crippen molar-refractivity contribution in [2.45, 2.75) is 38.6 Å². The van der Waals surface area contributed by atoms with Crippen molar-refractivity contribution in [2.24, 2.45) is 5.92 Å². The number of pyridine rings is 2. The number of halogens is 1. The smallest absolute Gasteiger partial charge is 0.264 e. The van der Waals surface area contributed by atoms with Gasteiger partial charge in [0.15, 0.2) is 0 Å². The molecule has 5 rings (SSSR count). The first kappa shape index (κ1) is 20.7. The Bertz CT molecular complexity index is 1360. The summed E-state index contributed by atoms with van der Waals surface area (Å²) in [5.41, 5.74) is 2.27. The highest BCUT2D eigenvalue weighted by Crippen LogP contribution is 2.35. The third kappa shape index (κ3) is 3.66. The van der Waals surface area contributed by atoms with Gasteiger partial charge in [-0.05, 0) is 50.3 Å². The minimum absolute atomic E-state index is 0.0173. The van der Waals surface area contributed by atoms with Crippen molar-refractivity contribution in [2.75, 3.05) is 6.54 Å². The Labute approximate surface area is 189 Å². The molecule has 0 bridgehead atoms. The number of aryl methyl sites for hydroxylation is 1. The van der Waals surface area contributed by atoms with Gasteiger partial charge >= 0.3 is 0 Å². The molecule has 4 aromatic rings. The fraction of sp³-hybridized carbons (Fsp3) is 0.333. The van der Waals surface area contributed by atoms with Crippen LogP contribution in [-0.2, 0) is 0 Å². The third-order valence-corrected chi connectivity index (χ3v) is 6.53. The van der Waals surface area contributed by atoms with Gasteiger partial charge in [-0.3, -0.25) is 14.6 Å². The standard InChI is InChI=1S/C24H23ClN4O3/c1-14-20-22(28-32-14)21-19(11-17(25)13-26-21)29(24(20)31)18-9-5-6-15(10-18)12-27-23(30)16-7-3-2-4-8-16/h2-4,7-8,11,13,15,18H,5-6,9-10,12H2,1H3,(H,27,30). The summed E-state index contributed by atoms with van der Waals surface area (Å²) < 4.78 is 7.13. The molecule has 3 aromatic heterocycles. The molecule has 0 spiro atoms. The zero-order chi connectivity index (χ0) is 22.2. The predicted octanol–water partition coefficient (Wildman–Crippen LogP) is 4.66. The maximum absolute atomic E-state index is 13.5. The van der Waals surface area contributed by atoms with Gasteiger partial charge in [-0.2, -0.15) is 0 Å². The minimum Gasteiger partial charge on any atom is -0.360 e. The predicted molar refractivity (Wildman–Crippen MR) is 123 cm³/mol. The summed E-state index contributed by atoms with van der Waals surface area (Å²) >= 11 is 6.24. The summed E-state index contributed by atoms with van der Waals surface area (Å²) in [7, 11) is 0. The summed E-state index contributed by atoms with van der Waals surface area (Å²) in [5.74, 6) is 0.683. The highest BCUT2D eigenvalue weighted by molar-refractivity contribution is 6.31. The average Bonchev–Trinajstić information content (AvgIpc) is 3.20. The lowest BCUT2D eigenvalue weighted by Crippen LogP contribution is -2.34. The number of hydrogen-bond acceptors (Lipinski definition) is 5. The molecule has 3 heterocycles. The molecule has 1 aliphatic rings. The zero-order valence-corrected chi connectivity index (χ0v) is 18.4. The van der Waals surface area contributed by atoms with E-state index in [1.165, 1.54) is 0 Å². The maximum atomic E-state index is 13.5. The van der Waals surface area contributed by atoms with Gasteiger partial charge in [-0.25, -0.2) is 0 Å². The number of benzene rings is 1. The van der Waals surface area contributed by atoms with E-state index in [1.54, 1.807) is 31.3 Å². The van der Waals surface area contributed by atoms with Gasteiger partial charge in [0.05, 0.1) is 10.5 Å². The van der Waals surface area contributed by atoms with E-state index >= 15 is 0 Å². The largest absolute Gasteiger partial charge is 0.360 e. The van der Waals surface area contributed by atoms with Gasteiger partial charge in [-0.1, -0.05) is 41.4 Å². The summed E-state index contributed by atoms with van der Waals surface area (Å²) in [6, 6.07) is 11.0. The Morgan fingerprint density at radius 2 is 2.06 bits per heavy atom. The first-order valence-corrected chi connectivity index (χ1v) is 11.2. The van der Waals surface area contributed by atoms with Crippen LogP contribution in [0.4, 0.5) is 0 Å².